The number of anilines is 1. The largest absolute Gasteiger partial charge is 0.449 e. The Morgan fingerprint density at radius 3 is 2.74 bits per heavy atom. The van der Waals surface area contributed by atoms with Gasteiger partial charge in [0.05, 0.1) is 6.61 Å². The molecule has 6 nitrogen and oxygen atoms in total. The van der Waals surface area contributed by atoms with Crippen molar-refractivity contribution >= 4 is 17.9 Å². The summed E-state index contributed by atoms with van der Waals surface area (Å²) in [4.78, 5) is 22.5. The van der Waals surface area contributed by atoms with Gasteiger partial charge < -0.3 is 14.8 Å². The first-order chi connectivity index (χ1) is 9.15. The number of benzene rings is 1. The summed E-state index contributed by atoms with van der Waals surface area (Å²) in [6.45, 7) is 2.40. The molecule has 0 aliphatic heterocycles. The lowest BCUT2D eigenvalue weighted by Crippen LogP contribution is -2.22. The summed E-state index contributed by atoms with van der Waals surface area (Å²) in [5, 5.41) is 4.89. The van der Waals surface area contributed by atoms with Gasteiger partial charge in [-0.25, -0.2) is 9.59 Å². The molecular formula is C13H18N2O4. The smallest absolute Gasteiger partial charge is 0.412 e. The molecule has 0 bridgehead atoms. The number of carbonyl (C=O) groups excluding carboxylic acids is 2. The second-order valence-electron chi connectivity index (χ2n) is 3.78. The molecule has 6 heteroatoms. The third-order valence-corrected chi connectivity index (χ3v) is 2.23. The van der Waals surface area contributed by atoms with Gasteiger partial charge in [0.25, 0.3) is 0 Å². The molecule has 0 fully saturated rings. The number of hydrogen-bond donors (Lipinski definition) is 2. The topological polar surface area (TPSA) is 76.7 Å². The lowest BCUT2D eigenvalue weighted by molar-refractivity contribution is 0.160. The van der Waals surface area contributed by atoms with E-state index in [0.29, 0.717) is 18.0 Å². The fourth-order valence-corrected chi connectivity index (χ4v) is 1.26. The lowest BCUT2D eigenvalue weighted by Gasteiger charge is -2.08. The minimum Gasteiger partial charge on any atom is -0.449 e. The average molecular weight is 266 g/mol. The van der Waals surface area contributed by atoms with Crippen molar-refractivity contribution < 1.29 is 19.1 Å². The molecule has 0 atom stereocenters. The third kappa shape index (κ3) is 5.76. The molecule has 0 aromatic heterocycles. The fraction of sp³-hybridized carbons (Fsp3) is 0.385. The fourth-order valence-electron chi connectivity index (χ4n) is 1.26. The number of amides is 2. The van der Waals surface area contributed by atoms with Crippen LogP contribution in [0.1, 0.15) is 19.8 Å². The maximum atomic E-state index is 11.4. The van der Waals surface area contributed by atoms with Crippen LogP contribution in [-0.4, -0.2) is 25.8 Å². The summed E-state index contributed by atoms with van der Waals surface area (Å²) in [6.07, 6.45) is 0.698. The highest BCUT2D eigenvalue weighted by atomic mass is 16.6. The molecule has 1 rings (SSSR count). The van der Waals surface area contributed by atoms with Crippen LogP contribution in [0.25, 0.3) is 0 Å². The van der Waals surface area contributed by atoms with Gasteiger partial charge in [-0.15, -0.1) is 0 Å². The zero-order valence-electron chi connectivity index (χ0n) is 11.1. The minimum atomic E-state index is -0.567. The van der Waals surface area contributed by atoms with E-state index in [-0.39, 0.29) is 0 Å². The number of rotatable bonds is 5. The van der Waals surface area contributed by atoms with Gasteiger partial charge in [-0.3, -0.25) is 5.32 Å². The van der Waals surface area contributed by atoms with E-state index in [0.717, 1.165) is 12.8 Å². The van der Waals surface area contributed by atoms with E-state index in [2.05, 4.69) is 10.6 Å². The van der Waals surface area contributed by atoms with Crippen LogP contribution in [0, 0.1) is 0 Å². The van der Waals surface area contributed by atoms with Crippen molar-refractivity contribution in [3.05, 3.63) is 24.3 Å². The van der Waals surface area contributed by atoms with Gasteiger partial charge in [0.1, 0.15) is 5.75 Å². The molecule has 2 amide bonds. The van der Waals surface area contributed by atoms with E-state index in [1.54, 1.807) is 18.2 Å². The summed E-state index contributed by atoms with van der Waals surface area (Å²) in [7, 11) is 1.47. The second kappa shape index (κ2) is 7.97. The Labute approximate surface area is 112 Å². The van der Waals surface area contributed by atoms with Gasteiger partial charge in [0.15, 0.2) is 0 Å². The molecule has 1 aromatic carbocycles. The summed E-state index contributed by atoms with van der Waals surface area (Å²) >= 11 is 0. The van der Waals surface area contributed by atoms with Crippen molar-refractivity contribution in [3.8, 4) is 5.75 Å². The van der Waals surface area contributed by atoms with Crippen LogP contribution in [0.4, 0.5) is 15.3 Å². The molecular weight excluding hydrogens is 248 g/mol. The van der Waals surface area contributed by atoms with Gasteiger partial charge in [-0.1, -0.05) is 19.4 Å². The molecule has 19 heavy (non-hydrogen) atoms. The van der Waals surface area contributed by atoms with Crippen LogP contribution < -0.4 is 15.4 Å². The number of unbranched alkanes of at least 4 members (excludes halogenated alkanes) is 1. The summed E-state index contributed by atoms with van der Waals surface area (Å²) < 4.78 is 9.90. The molecule has 0 heterocycles. The molecule has 0 aliphatic rings. The van der Waals surface area contributed by atoms with Crippen molar-refractivity contribution in [2.45, 2.75) is 19.8 Å². The van der Waals surface area contributed by atoms with Crippen LogP contribution in [0.15, 0.2) is 24.3 Å². The van der Waals surface area contributed by atoms with Crippen molar-refractivity contribution in [1.29, 1.82) is 0 Å². The highest BCUT2D eigenvalue weighted by molar-refractivity contribution is 5.85. The second-order valence-corrected chi connectivity index (χ2v) is 3.78. The molecule has 2 N–H and O–H groups in total. The summed E-state index contributed by atoms with van der Waals surface area (Å²) in [6, 6.07) is 6.50. The van der Waals surface area contributed by atoms with Crippen molar-refractivity contribution in [2.24, 2.45) is 0 Å². The normalized spacial score (nSPS) is 9.58. The first-order valence-corrected chi connectivity index (χ1v) is 6.09. The Bertz CT molecular complexity index is 434. The molecule has 0 radical (unpaired) electrons. The molecule has 0 unspecified atom stereocenters. The van der Waals surface area contributed by atoms with Gasteiger partial charge >= 0.3 is 12.2 Å². The SMILES string of the molecule is CCCCOC(=O)Nc1cccc(OC(=O)NC)c1. The predicted octanol–water partition coefficient (Wildman–Crippen LogP) is 2.75. The monoisotopic (exact) mass is 266 g/mol. The first kappa shape index (κ1) is 14.8. The van der Waals surface area contributed by atoms with E-state index in [4.69, 9.17) is 9.47 Å². The average Bonchev–Trinajstić information content (AvgIpc) is 2.39. The van der Waals surface area contributed by atoms with E-state index in [1.807, 2.05) is 6.92 Å². The molecule has 1 aromatic rings. The predicted molar refractivity (Wildman–Crippen MR) is 71.4 cm³/mol. The van der Waals surface area contributed by atoms with Gasteiger partial charge in [-0.2, -0.15) is 0 Å². The van der Waals surface area contributed by atoms with Crippen molar-refractivity contribution in [3.63, 3.8) is 0 Å². The molecule has 0 spiro atoms. The number of carbonyl (C=O) groups is 2. The summed E-state index contributed by atoms with van der Waals surface area (Å²) in [5.74, 6) is 0.339. The Morgan fingerprint density at radius 2 is 2.05 bits per heavy atom. The Hall–Kier alpha value is -2.24. The van der Waals surface area contributed by atoms with E-state index < -0.39 is 12.2 Å². The third-order valence-electron chi connectivity index (χ3n) is 2.23. The summed E-state index contributed by atoms with van der Waals surface area (Å²) in [5.41, 5.74) is 0.503. The highest BCUT2D eigenvalue weighted by Crippen LogP contribution is 2.17. The number of nitrogens with one attached hydrogen (secondary N) is 2. The maximum Gasteiger partial charge on any atom is 0.412 e. The van der Waals surface area contributed by atoms with Gasteiger partial charge in [0, 0.05) is 18.8 Å². The zero-order valence-corrected chi connectivity index (χ0v) is 11.1. The molecule has 0 aliphatic carbocycles. The number of ether oxygens (including phenoxy) is 2. The van der Waals surface area contributed by atoms with Crippen LogP contribution in [0.5, 0.6) is 5.75 Å². The minimum absolute atomic E-state index is 0.339. The van der Waals surface area contributed by atoms with E-state index >= 15 is 0 Å². The Kier molecular flexibility index (Phi) is 6.21. The Balaban J connectivity index is 2.52. The van der Waals surface area contributed by atoms with Crippen LogP contribution in [-0.2, 0) is 4.74 Å². The molecule has 0 saturated carbocycles. The lowest BCUT2D eigenvalue weighted by atomic mass is 10.3. The van der Waals surface area contributed by atoms with Crippen LogP contribution in [0.3, 0.4) is 0 Å². The van der Waals surface area contributed by atoms with E-state index in [1.165, 1.54) is 13.1 Å². The van der Waals surface area contributed by atoms with Crippen molar-refractivity contribution in [1.82, 2.24) is 5.32 Å². The molecule has 104 valence electrons. The first-order valence-electron chi connectivity index (χ1n) is 6.09. The number of hydrogen-bond acceptors (Lipinski definition) is 4. The highest BCUT2D eigenvalue weighted by Gasteiger charge is 2.05. The quantitative estimate of drug-likeness (QED) is 0.803. The maximum absolute atomic E-state index is 11.4. The van der Waals surface area contributed by atoms with Crippen LogP contribution in [0.2, 0.25) is 0 Å². The zero-order chi connectivity index (χ0) is 14.1. The standard InChI is InChI=1S/C13H18N2O4/c1-3-4-8-18-13(17)15-10-6-5-7-11(9-10)19-12(16)14-2/h5-7,9H,3-4,8H2,1-2H3,(H,14,16)(H,15,17). The molecule has 0 saturated heterocycles. The van der Waals surface area contributed by atoms with Gasteiger partial charge in [-0.05, 0) is 18.6 Å². The van der Waals surface area contributed by atoms with Gasteiger partial charge in [0.2, 0.25) is 0 Å². The van der Waals surface area contributed by atoms with E-state index in [9.17, 15) is 9.59 Å². The van der Waals surface area contributed by atoms with Crippen LogP contribution >= 0.6 is 0 Å². The Morgan fingerprint density at radius 1 is 1.26 bits per heavy atom. The van der Waals surface area contributed by atoms with Crippen molar-refractivity contribution in [2.75, 3.05) is 19.0 Å².